The van der Waals surface area contributed by atoms with Crippen LogP contribution < -0.4 is 0 Å². The Morgan fingerprint density at radius 3 is 1.39 bits per heavy atom. The second kappa shape index (κ2) is 8.55. The summed E-state index contributed by atoms with van der Waals surface area (Å²) in [5, 5.41) is 18.0. The highest BCUT2D eigenvalue weighted by atomic mass is 16.4. The van der Waals surface area contributed by atoms with Crippen molar-refractivity contribution in [2.24, 2.45) is 9.98 Å². The number of hydrogen-bond donors (Lipinski definition) is 2. The van der Waals surface area contributed by atoms with Gasteiger partial charge in [-0.05, 0) is 47.5 Å². The molecule has 0 aromatic heterocycles. The normalized spacial score (nSPS) is 11.1. The van der Waals surface area contributed by atoms with Crippen molar-refractivity contribution in [1.82, 2.24) is 0 Å². The van der Waals surface area contributed by atoms with E-state index in [1.54, 1.807) is 36.7 Å². The van der Waals surface area contributed by atoms with Gasteiger partial charge in [-0.3, -0.25) is 9.98 Å². The molecule has 0 aliphatic rings. The third-order valence-electron chi connectivity index (χ3n) is 3.85. The van der Waals surface area contributed by atoms with Crippen LogP contribution in [0.4, 0.5) is 11.4 Å². The van der Waals surface area contributed by atoms with Crippen molar-refractivity contribution in [2.75, 3.05) is 0 Å². The van der Waals surface area contributed by atoms with Gasteiger partial charge in [-0.2, -0.15) is 0 Å². The molecule has 0 amide bonds. The maximum atomic E-state index is 11.0. The quantitative estimate of drug-likeness (QED) is 0.618. The van der Waals surface area contributed by atoms with E-state index < -0.39 is 11.9 Å². The second-order valence-electron chi connectivity index (χ2n) is 5.89. The molecular weight excluding hydrogens is 356 g/mol. The number of carboxylic acid groups (broad SMARTS) is 2. The van der Waals surface area contributed by atoms with E-state index in [4.69, 9.17) is 10.2 Å². The molecule has 2 N–H and O–H groups in total. The average molecular weight is 372 g/mol. The summed E-state index contributed by atoms with van der Waals surface area (Å²) >= 11 is 0. The Morgan fingerprint density at radius 1 is 0.643 bits per heavy atom. The minimum atomic E-state index is -0.991. The van der Waals surface area contributed by atoms with E-state index in [0.29, 0.717) is 11.4 Å². The number of carboxylic acids is 2. The Bertz CT molecular complexity index is 983. The molecular formula is C22H16N2O4. The first-order valence-corrected chi connectivity index (χ1v) is 8.36. The summed E-state index contributed by atoms with van der Waals surface area (Å²) in [4.78, 5) is 30.6. The van der Waals surface area contributed by atoms with Crippen molar-refractivity contribution in [3.63, 3.8) is 0 Å². The topological polar surface area (TPSA) is 99.3 Å². The summed E-state index contributed by atoms with van der Waals surface area (Å²) in [7, 11) is 0. The third kappa shape index (κ3) is 4.98. The maximum absolute atomic E-state index is 11.0. The Hall–Kier alpha value is -4.06. The molecule has 3 aromatic rings. The Morgan fingerprint density at radius 2 is 1.04 bits per heavy atom. The molecule has 0 fully saturated rings. The van der Waals surface area contributed by atoms with E-state index in [1.165, 1.54) is 24.3 Å². The van der Waals surface area contributed by atoms with Crippen LogP contribution in [0.1, 0.15) is 31.8 Å². The minimum Gasteiger partial charge on any atom is -0.478 e. The highest BCUT2D eigenvalue weighted by Crippen LogP contribution is 2.16. The molecule has 0 saturated carbocycles. The molecule has 0 unspecified atom stereocenters. The fraction of sp³-hybridized carbons (Fsp3) is 0. The van der Waals surface area contributed by atoms with Crippen LogP contribution in [0.5, 0.6) is 0 Å². The van der Waals surface area contributed by atoms with Crippen LogP contribution in [-0.4, -0.2) is 34.6 Å². The van der Waals surface area contributed by atoms with Crippen molar-refractivity contribution >= 4 is 35.7 Å². The third-order valence-corrected chi connectivity index (χ3v) is 3.85. The van der Waals surface area contributed by atoms with E-state index in [9.17, 15) is 9.59 Å². The van der Waals surface area contributed by atoms with Crippen LogP contribution in [0.3, 0.4) is 0 Å². The molecule has 0 saturated heterocycles. The monoisotopic (exact) mass is 372 g/mol. The fourth-order valence-corrected chi connectivity index (χ4v) is 2.40. The van der Waals surface area contributed by atoms with Crippen LogP contribution in [0.2, 0.25) is 0 Å². The van der Waals surface area contributed by atoms with Gasteiger partial charge in [0, 0.05) is 12.4 Å². The Kier molecular flexibility index (Phi) is 5.72. The molecule has 0 bridgehead atoms. The van der Waals surface area contributed by atoms with Crippen LogP contribution >= 0.6 is 0 Å². The molecule has 0 aliphatic heterocycles. The van der Waals surface area contributed by atoms with Gasteiger partial charge in [0.1, 0.15) is 0 Å². The molecule has 3 rings (SSSR count). The maximum Gasteiger partial charge on any atom is 0.335 e. The summed E-state index contributed by atoms with van der Waals surface area (Å²) in [6, 6.07) is 20.2. The number of benzene rings is 3. The van der Waals surface area contributed by atoms with Crippen molar-refractivity contribution in [3.8, 4) is 0 Å². The minimum absolute atomic E-state index is 0.188. The molecule has 138 valence electrons. The van der Waals surface area contributed by atoms with E-state index in [0.717, 1.165) is 11.1 Å². The first-order chi connectivity index (χ1) is 13.5. The van der Waals surface area contributed by atoms with Gasteiger partial charge in [0.05, 0.1) is 22.5 Å². The molecule has 6 heteroatoms. The lowest BCUT2D eigenvalue weighted by Crippen LogP contribution is -1.94. The SMILES string of the molecule is O=C(O)c1cccc(N=Cc2ccc(C=Nc3cccc(C(=O)O)c3)cc2)c1. The molecule has 0 spiro atoms. The average Bonchev–Trinajstić information content (AvgIpc) is 2.72. The number of aliphatic imine (C=N–C) groups is 2. The lowest BCUT2D eigenvalue weighted by atomic mass is 10.1. The van der Waals surface area contributed by atoms with Gasteiger partial charge in [0.2, 0.25) is 0 Å². The van der Waals surface area contributed by atoms with Crippen molar-refractivity contribution in [3.05, 3.63) is 95.1 Å². The van der Waals surface area contributed by atoms with Gasteiger partial charge in [0.15, 0.2) is 0 Å². The van der Waals surface area contributed by atoms with Crippen LogP contribution in [-0.2, 0) is 0 Å². The van der Waals surface area contributed by atoms with Gasteiger partial charge >= 0.3 is 11.9 Å². The van der Waals surface area contributed by atoms with E-state index >= 15 is 0 Å². The zero-order chi connectivity index (χ0) is 19.9. The van der Waals surface area contributed by atoms with Crippen LogP contribution in [0, 0.1) is 0 Å². The van der Waals surface area contributed by atoms with E-state index in [2.05, 4.69) is 9.98 Å². The summed E-state index contributed by atoms with van der Waals surface area (Å²) in [5.41, 5.74) is 3.20. The molecule has 0 radical (unpaired) electrons. The number of rotatable bonds is 6. The van der Waals surface area contributed by atoms with Gasteiger partial charge in [0.25, 0.3) is 0 Å². The summed E-state index contributed by atoms with van der Waals surface area (Å²) in [6.07, 6.45) is 3.30. The van der Waals surface area contributed by atoms with Crippen molar-refractivity contribution < 1.29 is 19.8 Å². The zero-order valence-corrected chi connectivity index (χ0v) is 14.7. The summed E-state index contributed by atoms with van der Waals surface area (Å²) in [5.74, 6) is -1.98. The first-order valence-electron chi connectivity index (χ1n) is 8.36. The van der Waals surface area contributed by atoms with Crippen molar-refractivity contribution in [2.45, 2.75) is 0 Å². The zero-order valence-electron chi connectivity index (χ0n) is 14.7. The van der Waals surface area contributed by atoms with E-state index in [1.807, 2.05) is 24.3 Å². The molecule has 0 atom stereocenters. The lowest BCUT2D eigenvalue weighted by Gasteiger charge is -1.99. The van der Waals surface area contributed by atoms with Gasteiger partial charge in [-0.25, -0.2) is 9.59 Å². The largest absolute Gasteiger partial charge is 0.478 e. The van der Waals surface area contributed by atoms with E-state index in [-0.39, 0.29) is 11.1 Å². The number of nitrogens with zero attached hydrogens (tertiary/aromatic N) is 2. The molecule has 0 aliphatic carbocycles. The smallest absolute Gasteiger partial charge is 0.335 e. The Labute approximate surface area is 161 Å². The summed E-state index contributed by atoms with van der Waals surface area (Å²) < 4.78 is 0. The standard InChI is InChI=1S/C22H16N2O4/c25-21(26)17-3-1-5-19(11-17)23-13-15-7-9-16(10-8-15)14-24-20-6-2-4-18(12-20)22(27)28/h1-14H,(H,25,26)(H,27,28). The highest BCUT2D eigenvalue weighted by molar-refractivity contribution is 5.90. The molecule has 6 nitrogen and oxygen atoms in total. The Balaban J connectivity index is 1.70. The predicted octanol–water partition coefficient (Wildman–Crippen LogP) is 4.58. The van der Waals surface area contributed by atoms with Gasteiger partial charge in [-0.15, -0.1) is 0 Å². The highest BCUT2D eigenvalue weighted by Gasteiger charge is 2.03. The number of carbonyl (C=O) groups is 2. The van der Waals surface area contributed by atoms with Gasteiger partial charge < -0.3 is 10.2 Å². The summed E-state index contributed by atoms with van der Waals surface area (Å²) in [6.45, 7) is 0. The van der Waals surface area contributed by atoms with Gasteiger partial charge in [-0.1, -0.05) is 36.4 Å². The molecule has 28 heavy (non-hydrogen) atoms. The second-order valence-corrected chi connectivity index (χ2v) is 5.89. The fourth-order valence-electron chi connectivity index (χ4n) is 2.40. The van der Waals surface area contributed by atoms with Crippen LogP contribution in [0.25, 0.3) is 0 Å². The van der Waals surface area contributed by atoms with Crippen molar-refractivity contribution in [1.29, 1.82) is 0 Å². The first kappa shape index (κ1) is 18.7. The van der Waals surface area contributed by atoms with Crippen LogP contribution in [0.15, 0.2) is 82.8 Å². The number of hydrogen-bond acceptors (Lipinski definition) is 4. The molecule has 0 heterocycles. The molecule has 3 aromatic carbocycles. The number of aromatic carboxylic acids is 2. The predicted molar refractivity (Wildman–Crippen MR) is 108 cm³/mol. The lowest BCUT2D eigenvalue weighted by molar-refractivity contribution is 0.0686.